The van der Waals surface area contributed by atoms with E-state index in [9.17, 15) is 4.79 Å². The summed E-state index contributed by atoms with van der Waals surface area (Å²) < 4.78 is 11.3. The third kappa shape index (κ3) is 6.89. The zero-order chi connectivity index (χ0) is 17.5. The summed E-state index contributed by atoms with van der Waals surface area (Å²) in [6, 6.07) is 3.83. The van der Waals surface area contributed by atoms with Crippen molar-refractivity contribution in [3.63, 3.8) is 0 Å². The Balaban J connectivity index is 0.00000127. The van der Waals surface area contributed by atoms with E-state index in [2.05, 4.69) is 4.98 Å². The number of rotatable bonds is 2. The van der Waals surface area contributed by atoms with Gasteiger partial charge < -0.3 is 14.4 Å². The molecule has 2 heterocycles. The number of aromatic nitrogens is 1. The van der Waals surface area contributed by atoms with Crippen molar-refractivity contribution in [2.45, 2.75) is 66.1 Å². The maximum absolute atomic E-state index is 12.1. The number of carbonyl (C=O) groups excluding carboxylic acids is 1. The summed E-state index contributed by atoms with van der Waals surface area (Å²) in [6.45, 7) is 12.9. The summed E-state index contributed by atoms with van der Waals surface area (Å²) in [6.07, 6.45) is 3.32. The van der Waals surface area contributed by atoms with Gasteiger partial charge in [-0.25, -0.2) is 9.78 Å². The average Bonchev–Trinajstić information content (AvgIpc) is 2.50. The van der Waals surface area contributed by atoms with Gasteiger partial charge in [0.2, 0.25) is 5.88 Å². The fourth-order valence-electron chi connectivity index (χ4n) is 2.22. The highest BCUT2D eigenvalue weighted by atomic mass is 16.6. The second-order valence-electron chi connectivity index (χ2n) is 6.48. The summed E-state index contributed by atoms with van der Waals surface area (Å²) in [5.41, 5.74) is 0.630. The normalized spacial score (nSPS) is 17.8. The van der Waals surface area contributed by atoms with Gasteiger partial charge in [0, 0.05) is 18.8 Å². The number of likely N-dealkylation sites (tertiary alicyclic amines) is 1. The minimum atomic E-state index is -0.469. The molecule has 0 N–H and O–H groups in total. The molecule has 23 heavy (non-hydrogen) atoms. The minimum Gasteiger partial charge on any atom is -0.472 e. The average molecular weight is 322 g/mol. The predicted molar refractivity (Wildman–Crippen MR) is 91.8 cm³/mol. The Morgan fingerprint density at radius 3 is 2.57 bits per heavy atom. The molecule has 1 aromatic heterocycles. The van der Waals surface area contributed by atoms with Gasteiger partial charge in [0.25, 0.3) is 0 Å². The van der Waals surface area contributed by atoms with Crippen LogP contribution in [0, 0.1) is 6.92 Å². The fraction of sp³-hybridized carbons (Fsp3) is 0.667. The standard InChI is InChI=1S/C16H24N2O3.C2H6/c1-12-7-8-14(17-10-12)20-13-6-5-9-18(11-13)15(19)21-16(2,3)4;1-2/h7-8,10,13H,5-6,9,11H2,1-4H3;1-2H3. The highest BCUT2D eigenvalue weighted by Gasteiger charge is 2.28. The number of piperidine rings is 1. The molecule has 2 rings (SSSR count). The Kier molecular flexibility index (Phi) is 7.33. The molecule has 1 fully saturated rings. The Morgan fingerprint density at radius 1 is 1.30 bits per heavy atom. The lowest BCUT2D eigenvalue weighted by Crippen LogP contribution is -2.46. The van der Waals surface area contributed by atoms with Crippen LogP contribution in [0.1, 0.15) is 53.0 Å². The van der Waals surface area contributed by atoms with Crippen LogP contribution in [0.5, 0.6) is 5.88 Å². The molecule has 1 aromatic rings. The van der Waals surface area contributed by atoms with E-state index in [4.69, 9.17) is 9.47 Å². The molecule has 1 unspecified atom stereocenters. The van der Waals surface area contributed by atoms with E-state index in [0.717, 1.165) is 24.9 Å². The van der Waals surface area contributed by atoms with Gasteiger partial charge in [-0.2, -0.15) is 0 Å². The summed E-state index contributed by atoms with van der Waals surface area (Å²) in [4.78, 5) is 18.0. The quantitative estimate of drug-likeness (QED) is 0.819. The zero-order valence-corrected chi connectivity index (χ0v) is 15.3. The molecular formula is C18H30N2O3. The molecule has 130 valence electrons. The van der Waals surface area contributed by atoms with E-state index >= 15 is 0 Å². The second-order valence-corrected chi connectivity index (χ2v) is 6.48. The first-order valence-electron chi connectivity index (χ1n) is 8.41. The lowest BCUT2D eigenvalue weighted by Gasteiger charge is -2.33. The van der Waals surface area contributed by atoms with Crippen LogP contribution in [-0.2, 0) is 4.74 Å². The zero-order valence-electron chi connectivity index (χ0n) is 15.3. The van der Waals surface area contributed by atoms with Crippen molar-refractivity contribution in [3.8, 4) is 5.88 Å². The van der Waals surface area contributed by atoms with E-state index in [1.54, 1.807) is 11.1 Å². The van der Waals surface area contributed by atoms with E-state index in [1.165, 1.54) is 0 Å². The number of hydrogen-bond acceptors (Lipinski definition) is 4. The molecule has 1 amide bonds. The van der Waals surface area contributed by atoms with Crippen molar-refractivity contribution in [1.82, 2.24) is 9.88 Å². The van der Waals surface area contributed by atoms with Gasteiger partial charge in [0.1, 0.15) is 11.7 Å². The summed E-state index contributed by atoms with van der Waals surface area (Å²) in [5.74, 6) is 0.608. The highest BCUT2D eigenvalue weighted by molar-refractivity contribution is 5.68. The Labute approximate surface area is 140 Å². The van der Waals surface area contributed by atoms with Crippen LogP contribution >= 0.6 is 0 Å². The first kappa shape index (κ1) is 19.3. The van der Waals surface area contributed by atoms with Crippen LogP contribution in [0.2, 0.25) is 0 Å². The summed E-state index contributed by atoms with van der Waals surface area (Å²) in [7, 11) is 0. The van der Waals surface area contributed by atoms with Crippen molar-refractivity contribution < 1.29 is 14.3 Å². The van der Waals surface area contributed by atoms with E-state index < -0.39 is 5.60 Å². The smallest absolute Gasteiger partial charge is 0.410 e. The SMILES string of the molecule is CC.Cc1ccc(OC2CCCN(C(=O)OC(C)(C)C)C2)nc1. The fourth-order valence-corrected chi connectivity index (χ4v) is 2.22. The lowest BCUT2D eigenvalue weighted by atomic mass is 10.1. The number of nitrogens with zero attached hydrogens (tertiary/aromatic N) is 2. The maximum atomic E-state index is 12.1. The third-order valence-corrected chi connectivity index (χ3v) is 3.20. The summed E-state index contributed by atoms with van der Waals surface area (Å²) >= 11 is 0. The molecule has 1 atom stereocenters. The minimum absolute atomic E-state index is 0.0264. The summed E-state index contributed by atoms with van der Waals surface area (Å²) in [5, 5.41) is 0. The topological polar surface area (TPSA) is 51.7 Å². The van der Waals surface area contributed by atoms with Crippen LogP contribution in [0.25, 0.3) is 0 Å². The molecule has 0 aliphatic carbocycles. The van der Waals surface area contributed by atoms with Crippen molar-refractivity contribution in [1.29, 1.82) is 0 Å². The van der Waals surface area contributed by atoms with Gasteiger partial charge in [-0.05, 0) is 46.1 Å². The predicted octanol–water partition coefficient (Wildman–Crippen LogP) is 4.19. The van der Waals surface area contributed by atoms with Crippen LogP contribution in [0.4, 0.5) is 4.79 Å². The van der Waals surface area contributed by atoms with Gasteiger partial charge in [0.15, 0.2) is 0 Å². The molecule has 5 heteroatoms. The van der Waals surface area contributed by atoms with Crippen molar-refractivity contribution in [3.05, 3.63) is 23.9 Å². The molecule has 0 radical (unpaired) electrons. The van der Waals surface area contributed by atoms with E-state index in [0.29, 0.717) is 12.4 Å². The number of amides is 1. The van der Waals surface area contributed by atoms with Crippen molar-refractivity contribution in [2.24, 2.45) is 0 Å². The molecule has 0 aromatic carbocycles. The van der Waals surface area contributed by atoms with Gasteiger partial charge in [0.05, 0.1) is 6.54 Å². The van der Waals surface area contributed by atoms with Crippen molar-refractivity contribution >= 4 is 6.09 Å². The van der Waals surface area contributed by atoms with Crippen LogP contribution in [0.15, 0.2) is 18.3 Å². The van der Waals surface area contributed by atoms with Crippen LogP contribution in [0.3, 0.4) is 0 Å². The molecule has 1 saturated heterocycles. The number of ether oxygens (including phenoxy) is 2. The number of hydrogen-bond donors (Lipinski definition) is 0. The molecule has 1 aliphatic heterocycles. The first-order valence-corrected chi connectivity index (χ1v) is 8.41. The maximum Gasteiger partial charge on any atom is 0.410 e. The number of carbonyl (C=O) groups is 1. The molecule has 0 saturated carbocycles. The largest absolute Gasteiger partial charge is 0.472 e. The Hall–Kier alpha value is -1.78. The van der Waals surface area contributed by atoms with E-state index in [-0.39, 0.29) is 12.2 Å². The number of aryl methyl sites for hydroxylation is 1. The molecule has 5 nitrogen and oxygen atoms in total. The Bertz CT molecular complexity index is 480. The van der Waals surface area contributed by atoms with Gasteiger partial charge >= 0.3 is 6.09 Å². The van der Waals surface area contributed by atoms with Gasteiger partial charge in [-0.3, -0.25) is 0 Å². The van der Waals surface area contributed by atoms with Crippen molar-refractivity contribution in [2.75, 3.05) is 13.1 Å². The monoisotopic (exact) mass is 322 g/mol. The Morgan fingerprint density at radius 2 is 2.00 bits per heavy atom. The lowest BCUT2D eigenvalue weighted by molar-refractivity contribution is 0.00722. The first-order chi connectivity index (χ1) is 10.8. The third-order valence-electron chi connectivity index (χ3n) is 3.20. The van der Waals surface area contributed by atoms with Crippen LogP contribution < -0.4 is 4.74 Å². The second kappa shape index (κ2) is 8.75. The molecular weight excluding hydrogens is 292 g/mol. The number of pyridine rings is 1. The van der Waals surface area contributed by atoms with Crippen LogP contribution in [-0.4, -0.2) is 40.8 Å². The van der Waals surface area contributed by atoms with E-state index in [1.807, 2.05) is 53.7 Å². The van der Waals surface area contributed by atoms with Gasteiger partial charge in [-0.1, -0.05) is 19.9 Å². The molecule has 1 aliphatic rings. The molecule has 0 bridgehead atoms. The molecule has 0 spiro atoms. The highest BCUT2D eigenvalue weighted by Crippen LogP contribution is 2.19. The van der Waals surface area contributed by atoms with Gasteiger partial charge in [-0.15, -0.1) is 0 Å².